The fraction of sp³-hybridized carbons (Fsp3) is 0.500. The minimum absolute atomic E-state index is 0.0817. The van der Waals surface area contributed by atoms with Gasteiger partial charge < -0.3 is 9.67 Å². The second kappa shape index (κ2) is 3.58. The molecule has 0 fully saturated rings. The largest absolute Gasteiger partial charge is 0.500 e. The molecule has 0 saturated carbocycles. The fourth-order valence-corrected chi connectivity index (χ4v) is 3.36. The number of aliphatic hydroxyl groups excluding tert-OH is 1. The molecule has 1 unspecified atom stereocenters. The van der Waals surface area contributed by atoms with Gasteiger partial charge in [0.05, 0.1) is 32.3 Å². The second-order valence-corrected chi connectivity index (χ2v) is 5.49. The summed E-state index contributed by atoms with van der Waals surface area (Å²) in [5.74, 6) is 0. The molecule has 1 N–H and O–H groups in total. The molecule has 0 aliphatic carbocycles. The normalized spacial score (nSPS) is 18.9. The highest BCUT2D eigenvalue weighted by Crippen LogP contribution is 2.32. The molecule has 1 aliphatic rings. The molecule has 7 heteroatoms. The van der Waals surface area contributed by atoms with E-state index in [0.29, 0.717) is 5.65 Å². The summed E-state index contributed by atoms with van der Waals surface area (Å²) in [6.07, 6.45) is 1.73. The van der Waals surface area contributed by atoms with Crippen molar-refractivity contribution >= 4 is 22.9 Å². The van der Waals surface area contributed by atoms with Crippen molar-refractivity contribution in [2.75, 3.05) is 6.61 Å². The Kier molecular flexibility index (Phi) is 2.27. The van der Waals surface area contributed by atoms with Crippen LogP contribution in [0.3, 0.4) is 0 Å². The molecule has 0 radical (unpaired) electrons. The van der Waals surface area contributed by atoms with Gasteiger partial charge in [-0.05, 0) is 0 Å². The van der Waals surface area contributed by atoms with Gasteiger partial charge in [0.15, 0.2) is 10.5 Å². The summed E-state index contributed by atoms with van der Waals surface area (Å²) < 4.78 is 5.17. The SMILES string of the molecule is Cn1c(=O)[n+](C)c2c3c1ncn3CC(CO)S2. The molecular weight excluding hydrogens is 240 g/mol. The number of imidazole rings is 1. The van der Waals surface area contributed by atoms with Crippen LogP contribution in [0.15, 0.2) is 16.1 Å². The molecule has 17 heavy (non-hydrogen) atoms. The lowest BCUT2D eigenvalue weighted by Crippen LogP contribution is -2.53. The van der Waals surface area contributed by atoms with Crippen LogP contribution in [0.1, 0.15) is 0 Å². The van der Waals surface area contributed by atoms with Gasteiger partial charge in [0.25, 0.3) is 5.65 Å². The van der Waals surface area contributed by atoms with E-state index in [2.05, 4.69) is 4.98 Å². The van der Waals surface area contributed by atoms with E-state index in [1.807, 2.05) is 4.57 Å². The maximum Gasteiger partial charge on any atom is 0.500 e. The van der Waals surface area contributed by atoms with Gasteiger partial charge in [-0.15, -0.1) is 0 Å². The monoisotopic (exact) mass is 253 g/mol. The van der Waals surface area contributed by atoms with Crippen LogP contribution in [0.25, 0.3) is 11.2 Å². The summed E-state index contributed by atoms with van der Waals surface area (Å²) in [4.78, 5) is 16.3. The van der Waals surface area contributed by atoms with Crippen LogP contribution in [0.2, 0.25) is 0 Å². The molecule has 0 bridgehead atoms. The molecule has 0 aromatic carbocycles. The van der Waals surface area contributed by atoms with E-state index in [1.54, 1.807) is 41.3 Å². The quantitative estimate of drug-likeness (QED) is 0.524. The van der Waals surface area contributed by atoms with E-state index in [4.69, 9.17) is 0 Å². The minimum atomic E-state index is -0.0937. The van der Waals surface area contributed by atoms with Gasteiger partial charge in [-0.25, -0.2) is 0 Å². The van der Waals surface area contributed by atoms with Crippen LogP contribution in [0.4, 0.5) is 0 Å². The summed E-state index contributed by atoms with van der Waals surface area (Å²) in [6.45, 7) is 0.821. The highest BCUT2D eigenvalue weighted by Gasteiger charge is 2.30. The molecule has 6 nitrogen and oxygen atoms in total. The summed E-state index contributed by atoms with van der Waals surface area (Å²) in [6, 6.07) is 0. The predicted octanol–water partition coefficient (Wildman–Crippen LogP) is -0.974. The number of aliphatic hydroxyl groups is 1. The average molecular weight is 253 g/mol. The van der Waals surface area contributed by atoms with Gasteiger partial charge in [0.1, 0.15) is 0 Å². The van der Waals surface area contributed by atoms with Crippen LogP contribution in [-0.4, -0.2) is 31.1 Å². The highest BCUT2D eigenvalue weighted by atomic mass is 32.2. The number of aromatic nitrogens is 4. The Hall–Kier alpha value is -1.34. The number of hydrogen-bond donors (Lipinski definition) is 1. The molecule has 2 aromatic heterocycles. The summed E-state index contributed by atoms with van der Waals surface area (Å²) in [5, 5.41) is 10.2. The molecule has 1 aliphatic heterocycles. The molecule has 0 saturated heterocycles. The first kappa shape index (κ1) is 10.8. The molecule has 2 aromatic rings. The number of rotatable bonds is 1. The van der Waals surface area contributed by atoms with Crippen LogP contribution in [0.5, 0.6) is 0 Å². The maximum absolute atomic E-state index is 12.0. The Morgan fingerprint density at radius 3 is 3.18 bits per heavy atom. The zero-order valence-electron chi connectivity index (χ0n) is 9.62. The summed E-state index contributed by atoms with van der Waals surface area (Å²) >= 11 is 1.54. The maximum atomic E-state index is 12.0. The van der Waals surface area contributed by atoms with E-state index in [9.17, 15) is 9.90 Å². The van der Waals surface area contributed by atoms with Crippen LogP contribution < -0.4 is 10.3 Å². The van der Waals surface area contributed by atoms with Crippen LogP contribution in [-0.2, 0) is 20.6 Å². The van der Waals surface area contributed by atoms with Crippen molar-refractivity contribution in [3.8, 4) is 0 Å². The second-order valence-electron chi connectivity index (χ2n) is 4.20. The van der Waals surface area contributed by atoms with Gasteiger partial charge in [-0.2, -0.15) is 18.9 Å². The van der Waals surface area contributed by atoms with Crippen molar-refractivity contribution in [2.45, 2.75) is 16.8 Å². The molecule has 0 spiro atoms. The van der Waals surface area contributed by atoms with E-state index in [0.717, 1.165) is 17.1 Å². The van der Waals surface area contributed by atoms with Crippen molar-refractivity contribution in [3.63, 3.8) is 0 Å². The molecule has 0 amide bonds. The minimum Gasteiger partial charge on any atom is -0.395 e. The van der Waals surface area contributed by atoms with E-state index >= 15 is 0 Å². The first-order valence-electron chi connectivity index (χ1n) is 5.35. The Bertz CT molecular complexity index is 660. The van der Waals surface area contributed by atoms with Crippen molar-refractivity contribution in [1.82, 2.24) is 14.1 Å². The lowest BCUT2D eigenvalue weighted by atomic mass is 10.4. The topological polar surface area (TPSA) is 63.9 Å². The Morgan fingerprint density at radius 2 is 2.47 bits per heavy atom. The molecule has 3 heterocycles. The highest BCUT2D eigenvalue weighted by molar-refractivity contribution is 8.00. The predicted molar refractivity (Wildman–Crippen MR) is 62.9 cm³/mol. The van der Waals surface area contributed by atoms with Crippen molar-refractivity contribution in [3.05, 3.63) is 16.8 Å². The third-order valence-corrected chi connectivity index (χ3v) is 4.42. The van der Waals surface area contributed by atoms with Gasteiger partial charge in [-0.3, -0.25) is 0 Å². The molecule has 90 valence electrons. The number of aryl methyl sites for hydroxylation is 1. The zero-order valence-corrected chi connectivity index (χ0v) is 10.4. The first-order chi connectivity index (χ1) is 8.13. The van der Waals surface area contributed by atoms with E-state index in [1.165, 1.54) is 0 Å². The van der Waals surface area contributed by atoms with E-state index < -0.39 is 0 Å². The number of hydrogen-bond acceptors (Lipinski definition) is 4. The van der Waals surface area contributed by atoms with Crippen molar-refractivity contribution in [2.24, 2.45) is 14.1 Å². The lowest BCUT2D eigenvalue weighted by Gasteiger charge is -2.20. The lowest BCUT2D eigenvalue weighted by molar-refractivity contribution is -0.725. The Balaban J connectivity index is 2.40. The standard InChI is InChI=1S/C10H13N4O2S/c1-12-8-7-9(13(2)10(12)16)17-6(4-15)3-14(7)5-11-8/h5-6,15H,3-4H2,1-2H3/q+1. The number of nitrogens with zero attached hydrogens (tertiary/aromatic N) is 4. The molecule has 3 rings (SSSR count). The Labute approximate surface area is 102 Å². The van der Waals surface area contributed by atoms with Crippen LogP contribution in [0, 0.1) is 0 Å². The average Bonchev–Trinajstić information content (AvgIpc) is 2.77. The fourth-order valence-electron chi connectivity index (χ4n) is 2.18. The first-order valence-corrected chi connectivity index (χ1v) is 6.23. The van der Waals surface area contributed by atoms with Gasteiger partial charge in [0, 0.05) is 6.54 Å². The van der Waals surface area contributed by atoms with Crippen molar-refractivity contribution in [1.29, 1.82) is 0 Å². The summed E-state index contributed by atoms with van der Waals surface area (Å²) in [7, 11) is 3.47. The van der Waals surface area contributed by atoms with E-state index in [-0.39, 0.29) is 17.5 Å². The smallest absolute Gasteiger partial charge is 0.395 e. The van der Waals surface area contributed by atoms with Crippen LogP contribution >= 0.6 is 11.8 Å². The van der Waals surface area contributed by atoms with Gasteiger partial charge in [-0.1, -0.05) is 11.8 Å². The third kappa shape index (κ3) is 1.35. The zero-order chi connectivity index (χ0) is 12.2. The molecule has 1 atom stereocenters. The third-order valence-electron chi connectivity index (χ3n) is 3.10. The van der Waals surface area contributed by atoms with Crippen molar-refractivity contribution < 1.29 is 9.67 Å². The van der Waals surface area contributed by atoms with Gasteiger partial charge >= 0.3 is 5.69 Å². The van der Waals surface area contributed by atoms with Gasteiger partial charge in [0.2, 0.25) is 0 Å². The summed E-state index contributed by atoms with van der Waals surface area (Å²) in [5.41, 5.74) is 1.58. The Morgan fingerprint density at radius 1 is 1.71 bits per heavy atom. The number of thioether (sulfide) groups is 1. The molecular formula is C10H13N4O2S+.